The first-order valence-corrected chi connectivity index (χ1v) is 12.8. The molecule has 0 bridgehead atoms. The van der Waals surface area contributed by atoms with Gasteiger partial charge < -0.3 is 33.9 Å². The summed E-state index contributed by atoms with van der Waals surface area (Å²) < 4.78 is 46.0. The molecule has 4 aliphatic heterocycles. The molecule has 10 nitrogen and oxygen atoms in total. The van der Waals surface area contributed by atoms with Crippen molar-refractivity contribution in [2.75, 3.05) is 0 Å². The van der Waals surface area contributed by atoms with Crippen molar-refractivity contribution < 1.29 is 52.7 Å². The molecule has 11 heteroatoms. The second-order valence-electron chi connectivity index (χ2n) is 12.5. The predicted octanol–water partition coefficient (Wildman–Crippen LogP) is 0.803. The molecule has 204 valence electrons. The fourth-order valence-corrected chi connectivity index (χ4v) is 9.12. The van der Waals surface area contributed by atoms with Crippen LogP contribution in [0.1, 0.15) is 33.3 Å². The Morgan fingerprint density at radius 2 is 1.71 bits per heavy atom. The van der Waals surface area contributed by atoms with Crippen molar-refractivity contribution in [2.24, 2.45) is 28.1 Å². The number of aliphatic hydroxyl groups excluding tert-OH is 1. The zero-order chi connectivity index (χ0) is 27.2. The van der Waals surface area contributed by atoms with Gasteiger partial charge in [-0.3, -0.25) is 4.79 Å². The molecule has 4 heterocycles. The van der Waals surface area contributed by atoms with Gasteiger partial charge in [-0.1, -0.05) is 51.1 Å². The molecule has 1 aromatic rings. The van der Waals surface area contributed by atoms with E-state index in [1.165, 1.54) is 6.92 Å². The Balaban J connectivity index is 1.50. The third kappa shape index (κ3) is 2.13. The minimum atomic E-state index is -2.44. The maximum atomic E-state index is 16.8. The molecule has 1 aromatic carbocycles. The Morgan fingerprint density at radius 3 is 2.37 bits per heavy atom. The van der Waals surface area contributed by atoms with Crippen LogP contribution in [0.3, 0.4) is 0 Å². The van der Waals surface area contributed by atoms with E-state index in [1.807, 2.05) is 6.07 Å². The van der Waals surface area contributed by atoms with E-state index >= 15 is 4.39 Å². The van der Waals surface area contributed by atoms with E-state index in [1.54, 1.807) is 45.0 Å². The first kappa shape index (κ1) is 24.4. The number of esters is 3. The first-order chi connectivity index (χ1) is 17.8. The first-order valence-electron chi connectivity index (χ1n) is 12.8. The zero-order valence-corrected chi connectivity index (χ0v) is 21.3. The highest BCUT2D eigenvalue weighted by atomic mass is 19.1. The summed E-state index contributed by atoms with van der Waals surface area (Å²) in [7, 11) is 0. The number of ether oxygens (including phenoxy) is 5. The molecule has 4 saturated heterocycles. The van der Waals surface area contributed by atoms with Gasteiger partial charge in [0.25, 0.3) is 0 Å². The minimum absolute atomic E-state index is 0.0549. The molecule has 2 N–H and O–H groups in total. The van der Waals surface area contributed by atoms with E-state index in [0.717, 1.165) is 5.56 Å². The van der Waals surface area contributed by atoms with Gasteiger partial charge in [-0.15, -0.1) is 0 Å². The lowest BCUT2D eigenvalue weighted by atomic mass is 9.51. The fraction of sp³-hybridized carbons (Fsp3) is 0.667. The van der Waals surface area contributed by atoms with Gasteiger partial charge in [0, 0.05) is 5.92 Å². The average molecular weight is 533 g/mol. The van der Waals surface area contributed by atoms with Gasteiger partial charge in [0.15, 0.2) is 17.8 Å². The third-order valence-electron chi connectivity index (χ3n) is 10.1. The van der Waals surface area contributed by atoms with Crippen molar-refractivity contribution in [2.45, 2.75) is 82.4 Å². The number of hydrogen-bond acceptors (Lipinski definition) is 10. The van der Waals surface area contributed by atoms with Crippen LogP contribution in [0.25, 0.3) is 0 Å². The zero-order valence-electron chi connectivity index (χ0n) is 21.3. The van der Waals surface area contributed by atoms with Crippen molar-refractivity contribution in [1.82, 2.24) is 0 Å². The van der Waals surface area contributed by atoms with E-state index in [4.69, 9.17) is 23.7 Å². The summed E-state index contributed by atoms with van der Waals surface area (Å²) in [5.74, 6) is -5.22. The summed E-state index contributed by atoms with van der Waals surface area (Å²) in [4.78, 5) is 39.8. The number of carbonyl (C=O) groups is 3. The predicted molar refractivity (Wildman–Crippen MR) is 121 cm³/mol. The third-order valence-corrected chi connectivity index (χ3v) is 10.1. The lowest BCUT2D eigenvalue weighted by molar-refractivity contribution is -0.240. The van der Waals surface area contributed by atoms with Crippen LogP contribution in [0.5, 0.6) is 0 Å². The maximum absolute atomic E-state index is 16.8. The van der Waals surface area contributed by atoms with Crippen LogP contribution in [0.4, 0.5) is 4.39 Å². The fourth-order valence-electron chi connectivity index (χ4n) is 9.12. The molecule has 2 aliphatic carbocycles. The Hall–Kier alpha value is -2.60. The lowest BCUT2D eigenvalue weighted by Gasteiger charge is -2.48. The van der Waals surface area contributed by atoms with Crippen molar-refractivity contribution in [1.29, 1.82) is 0 Å². The summed E-state index contributed by atoms with van der Waals surface area (Å²) in [6.45, 7) is 6.61. The normalized spacial score (nSPS) is 51.8. The molecule has 38 heavy (non-hydrogen) atoms. The van der Waals surface area contributed by atoms with E-state index in [9.17, 15) is 24.6 Å². The second-order valence-corrected chi connectivity index (χ2v) is 12.5. The number of carbonyl (C=O) groups excluding carboxylic acids is 3. The van der Waals surface area contributed by atoms with Crippen LogP contribution in [0.15, 0.2) is 30.3 Å². The topological polar surface area (TPSA) is 138 Å². The van der Waals surface area contributed by atoms with Crippen molar-refractivity contribution >= 4 is 17.9 Å². The number of halogens is 1. The molecule has 12 atom stereocenters. The number of benzene rings is 1. The highest BCUT2D eigenvalue weighted by Crippen LogP contribution is 2.85. The summed E-state index contributed by atoms with van der Waals surface area (Å²) in [6, 6.07) is 9.00. The number of fused-ring (bicyclic) bond motifs is 1. The van der Waals surface area contributed by atoms with E-state index in [-0.39, 0.29) is 6.61 Å². The summed E-state index contributed by atoms with van der Waals surface area (Å²) in [5.41, 5.74) is -8.86. The molecule has 0 radical (unpaired) electrons. The van der Waals surface area contributed by atoms with Crippen LogP contribution >= 0.6 is 0 Å². The smallest absolute Gasteiger partial charge is 0.343 e. The van der Waals surface area contributed by atoms with Gasteiger partial charge in [0.1, 0.15) is 18.4 Å². The Kier molecular flexibility index (Phi) is 4.46. The highest BCUT2D eigenvalue weighted by Gasteiger charge is 3.05. The Morgan fingerprint density at radius 1 is 1.03 bits per heavy atom. The van der Waals surface area contributed by atoms with Gasteiger partial charge in [-0.2, -0.15) is 0 Å². The highest BCUT2D eigenvalue weighted by molar-refractivity contribution is 5.94. The van der Waals surface area contributed by atoms with Gasteiger partial charge >= 0.3 is 17.9 Å². The Bertz CT molecular complexity index is 1260. The van der Waals surface area contributed by atoms with Gasteiger partial charge in [-0.05, 0) is 17.9 Å². The molecule has 0 amide bonds. The Labute approximate surface area is 217 Å². The van der Waals surface area contributed by atoms with Crippen molar-refractivity contribution in [3.63, 3.8) is 0 Å². The average Bonchev–Trinajstić information content (AvgIpc) is 3.55. The van der Waals surface area contributed by atoms with Crippen LogP contribution in [-0.2, 0) is 44.7 Å². The number of alkyl halides is 1. The molecule has 7 rings (SSSR count). The van der Waals surface area contributed by atoms with Crippen LogP contribution in [0, 0.1) is 28.1 Å². The molecule has 6 aliphatic rings. The quantitative estimate of drug-likeness (QED) is 0.425. The lowest BCUT2D eigenvalue weighted by Crippen LogP contribution is -2.67. The molecule has 0 aromatic heterocycles. The molecule has 6 fully saturated rings. The monoisotopic (exact) mass is 532 g/mol. The standard InChI is InChI=1S/C27H29FO10/c1-11-19(30)35-17-15(29)25-16-13(28)14(23(2,3)4)24(25)18(34-10-12-8-6-5-7-9-12)20(31)37-22(24)38-27(25,21(32)36-16)26(11,17)33/h5-9,11,13-18,22,29,33H,10H2,1-4H3/t11-,13+,14?,15+,16?,17?,18+,22?,24?,25+,26-,27-/m1/s1. The minimum Gasteiger partial charge on any atom is -0.456 e. The van der Waals surface area contributed by atoms with E-state index in [0.29, 0.717) is 0 Å². The SMILES string of the molecule is C[C@@H]1C(=O)OC2[C@H](O)[C@@]34C5OC(=O)[C@]3(OC3OC(=O)[C@H](OCc6ccccc6)C34C(C(C)(C)C)[C@@H]5F)[C@]21O. The number of aliphatic hydroxyl groups is 2. The van der Waals surface area contributed by atoms with Gasteiger partial charge in [-0.25, -0.2) is 14.0 Å². The number of rotatable bonds is 3. The molecular weight excluding hydrogens is 503 g/mol. The van der Waals surface area contributed by atoms with Gasteiger partial charge in [0.05, 0.1) is 23.4 Å². The number of hydrogen-bond donors (Lipinski definition) is 2. The maximum Gasteiger partial charge on any atom is 0.343 e. The summed E-state index contributed by atoms with van der Waals surface area (Å²) >= 11 is 0. The summed E-state index contributed by atoms with van der Waals surface area (Å²) in [6.07, 6.45) is -9.98. The van der Waals surface area contributed by atoms with Gasteiger partial charge in [0.2, 0.25) is 11.9 Å². The molecule has 2 saturated carbocycles. The van der Waals surface area contributed by atoms with E-state index < -0.39 is 94.1 Å². The largest absolute Gasteiger partial charge is 0.456 e. The van der Waals surface area contributed by atoms with Crippen LogP contribution < -0.4 is 0 Å². The van der Waals surface area contributed by atoms with Crippen LogP contribution in [0.2, 0.25) is 0 Å². The van der Waals surface area contributed by atoms with E-state index in [2.05, 4.69) is 0 Å². The van der Waals surface area contributed by atoms with Crippen molar-refractivity contribution in [3.8, 4) is 0 Å². The molecular formula is C27H29FO10. The summed E-state index contributed by atoms with van der Waals surface area (Å²) in [5, 5.41) is 24.2. The van der Waals surface area contributed by atoms with Crippen molar-refractivity contribution in [3.05, 3.63) is 35.9 Å². The second kappa shape index (κ2) is 6.93. The molecule has 2 spiro atoms. The molecule has 5 unspecified atom stereocenters. The van der Waals surface area contributed by atoms with Crippen LogP contribution in [-0.4, -0.2) is 76.2 Å².